The molecule has 0 radical (unpaired) electrons. The van der Waals surface area contributed by atoms with E-state index in [-0.39, 0.29) is 5.91 Å². The highest BCUT2D eigenvalue weighted by Gasteiger charge is 2.09. The first-order valence-electron chi connectivity index (χ1n) is 5.82. The van der Waals surface area contributed by atoms with E-state index in [9.17, 15) is 4.79 Å². The molecule has 0 aliphatic carbocycles. The van der Waals surface area contributed by atoms with Crippen LogP contribution in [-0.2, 0) is 6.54 Å². The Morgan fingerprint density at radius 1 is 1.53 bits per heavy atom. The lowest BCUT2D eigenvalue weighted by Gasteiger charge is -2.08. The molecule has 0 spiro atoms. The maximum atomic E-state index is 12.0. The lowest BCUT2D eigenvalue weighted by Crippen LogP contribution is -2.23. The Morgan fingerprint density at radius 3 is 2.95 bits per heavy atom. The predicted molar refractivity (Wildman–Crippen MR) is 71.9 cm³/mol. The average Bonchev–Trinajstić information content (AvgIpc) is 2.82. The molecule has 1 heterocycles. The van der Waals surface area contributed by atoms with E-state index in [4.69, 9.17) is 10.5 Å². The lowest BCUT2D eigenvalue weighted by molar-refractivity contribution is 0.0950. The molecule has 1 aromatic heterocycles. The molecule has 0 bridgehead atoms. The molecule has 0 aliphatic rings. The molecule has 19 heavy (non-hydrogen) atoms. The number of benzene rings is 1. The van der Waals surface area contributed by atoms with Crippen molar-refractivity contribution in [2.75, 3.05) is 12.8 Å². The summed E-state index contributed by atoms with van der Waals surface area (Å²) in [5.41, 5.74) is 8.61. The first-order valence-corrected chi connectivity index (χ1v) is 5.82. The van der Waals surface area contributed by atoms with Gasteiger partial charge in [0.2, 0.25) is 0 Å². The average molecular weight is 260 g/mol. The third-order valence-corrected chi connectivity index (χ3v) is 2.87. The second kappa shape index (κ2) is 5.43. The number of aromatic nitrogens is 2. The van der Waals surface area contributed by atoms with Crippen molar-refractivity contribution in [1.82, 2.24) is 15.5 Å². The van der Waals surface area contributed by atoms with Gasteiger partial charge in [0, 0.05) is 23.4 Å². The maximum Gasteiger partial charge on any atom is 0.251 e. The van der Waals surface area contributed by atoms with Gasteiger partial charge in [-0.3, -0.25) is 9.89 Å². The lowest BCUT2D eigenvalue weighted by atomic mass is 10.1. The second-order valence-electron chi connectivity index (χ2n) is 4.16. The number of aryl methyl sites for hydroxylation is 1. The number of aromatic amines is 1. The van der Waals surface area contributed by atoms with Gasteiger partial charge in [-0.25, -0.2) is 0 Å². The largest absolute Gasteiger partial charge is 0.495 e. The van der Waals surface area contributed by atoms with Crippen molar-refractivity contribution in [2.24, 2.45) is 0 Å². The Morgan fingerprint density at radius 2 is 2.32 bits per heavy atom. The van der Waals surface area contributed by atoms with Crippen LogP contribution < -0.4 is 15.8 Å². The zero-order valence-corrected chi connectivity index (χ0v) is 10.9. The molecule has 100 valence electrons. The van der Waals surface area contributed by atoms with Crippen molar-refractivity contribution in [3.63, 3.8) is 0 Å². The number of anilines is 1. The van der Waals surface area contributed by atoms with Gasteiger partial charge < -0.3 is 15.8 Å². The van der Waals surface area contributed by atoms with Gasteiger partial charge >= 0.3 is 0 Å². The summed E-state index contributed by atoms with van der Waals surface area (Å²) < 4.78 is 5.09. The highest BCUT2D eigenvalue weighted by atomic mass is 16.5. The van der Waals surface area contributed by atoms with Crippen LogP contribution >= 0.6 is 0 Å². The normalized spacial score (nSPS) is 10.2. The Bertz CT molecular complexity index is 592. The fourth-order valence-electron chi connectivity index (χ4n) is 1.68. The topological polar surface area (TPSA) is 93.0 Å². The van der Waals surface area contributed by atoms with E-state index in [1.807, 2.05) is 6.92 Å². The minimum atomic E-state index is -0.182. The Labute approximate surface area is 111 Å². The van der Waals surface area contributed by atoms with Crippen molar-refractivity contribution in [3.05, 3.63) is 41.2 Å². The molecule has 0 saturated heterocycles. The third kappa shape index (κ3) is 2.85. The van der Waals surface area contributed by atoms with Crippen molar-refractivity contribution in [2.45, 2.75) is 13.5 Å². The van der Waals surface area contributed by atoms with Gasteiger partial charge in [-0.15, -0.1) is 0 Å². The summed E-state index contributed by atoms with van der Waals surface area (Å²) in [6.45, 7) is 2.33. The maximum absolute atomic E-state index is 12.0. The smallest absolute Gasteiger partial charge is 0.251 e. The number of methoxy groups -OCH3 is 1. The molecule has 6 nitrogen and oxygen atoms in total. The van der Waals surface area contributed by atoms with Crippen LogP contribution in [-0.4, -0.2) is 23.2 Å². The van der Waals surface area contributed by atoms with Crippen LogP contribution in [0.5, 0.6) is 5.75 Å². The number of hydrogen-bond acceptors (Lipinski definition) is 4. The number of H-pyrrole nitrogens is 1. The number of hydrogen-bond donors (Lipinski definition) is 3. The SMILES string of the molecule is COc1cc(C(=O)NCc2cn[nH]c2C)ccc1N. The molecule has 1 aromatic carbocycles. The summed E-state index contributed by atoms with van der Waals surface area (Å²) in [5.74, 6) is 0.311. The van der Waals surface area contributed by atoms with Gasteiger partial charge in [-0.05, 0) is 25.1 Å². The van der Waals surface area contributed by atoms with Crippen molar-refractivity contribution < 1.29 is 9.53 Å². The molecule has 2 rings (SSSR count). The number of nitrogen functional groups attached to an aromatic ring is 1. The number of nitrogens with zero attached hydrogens (tertiary/aromatic N) is 1. The zero-order valence-electron chi connectivity index (χ0n) is 10.9. The fourth-order valence-corrected chi connectivity index (χ4v) is 1.68. The molecule has 1 amide bonds. The highest BCUT2D eigenvalue weighted by molar-refractivity contribution is 5.95. The quantitative estimate of drug-likeness (QED) is 0.721. The van der Waals surface area contributed by atoms with Crippen LogP contribution in [0.1, 0.15) is 21.6 Å². The van der Waals surface area contributed by atoms with Crippen LogP contribution in [0.15, 0.2) is 24.4 Å². The van der Waals surface area contributed by atoms with Gasteiger partial charge in [0.05, 0.1) is 19.0 Å². The summed E-state index contributed by atoms with van der Waals surface area (Å²) in [6.07, 6.45) is 1.69. The van der Waals surface area contributed by atoms with Crippen LogP contribution in [0.3, 0.4) is 0 Å². The summed E-state index contributed by atoms with van der Waals surface area (Å²) >= 11 is 0. The number of nitrogens with two attached hydrogens (primary N) is 1. The minimum Gasteiger partial charge on any atom is -0.495 e. The van der Waals surface area contributed by atoms with E-state index in [0.717, 1.165) is 11.3 Å². The Hall–Kier alpha value is -2.50. The van der Waals surface area contributed by atoms with Crippen LogP contribution in [0, 0.1) is 6.92 Å². The molecule has 4 N–H and O–H groups in total. The second-order valence-corrected chi connectivity index (χ2v) is 4.16. The van der Waals surface area contributed by atoms with Crippen molar-refractivity contribution >= 4 is 11.6 Å². The Kier molecular flexibility index (Phi) is 3.70. The van der Waals surface area contributed by atoms with E-state index in [1.165, 1.54) is 7.11 Å². The molecular weight excluding hydrogens is 244 g/mol. The number of amides is 1. The summed E-state index contributed by atoms with van der Waals surface area (Å²) in [5, 5.41) is 9.54. The van der Waals surface area contributed by atoms with Gasteiger partial charge in [-0.1, -0.05) is 0 Å². The predicted octanol–water partition coefficient (Wildman–Crippen LogP) is 1.24. The third-order valence-electron chi connectivity index (χ3n) is 2.87. The zero-order chi connectivity index (χ0) is 13.8. The van der Waals surface area contributed by atoms with E-state index in [2.05, 4.69) is 15.5 Å². The molecule has 2 aromatic rings. The first kappa shape index (κ1) is 12.9. The van der Waals surface area contributed by atoms with Crippen molar-refractivity contribution in [1.29, 1.82) is 0 Å². The molecule has 0 saturated carbocycles. The van der Waals surface area contributed by atoms with Crippen LogP contribution in [0.2, 0.25) is 0 Å². The standard InChI is InChI=1S/C13H16N4O2/c1-8-10(7-16-17-8)6-15-13(18)9-3-4-11(14)12(5-9)19-2/h3-5,7H,6,14H2,1-2H3,(H,15,18)(H,16,17). The number of carbonyl (C=O) groups is 1. The molecule has 0 unspecified atom stereocenters. The van der Waals surface area contributed by atoms with E-state index in [1.54, 1.807) is 24.4 Å². The number of rotatable bonds is 4. The molecular formula is C13H16N4O2. The number of nitrogens with one attached hydrogen (secondary N) is 2. The van der Waals surface area contributed by atoms with Crippen molar-refractivity contribution in [3.8, 4) is 5.75 Å². The van der Waals surface area contributed by atoms with Gasteiger partial charge in [0.15, 0.2) is 0 Å². The monoisotopic (exact) mass is 260 g/mol. The van der Waals surface area contributed by atoms with Gasteiger partial charge in [0.25, 0.3) is 5.91 Å². The molecule has 0 aliphatic heterocycles. The summed E-state index contributed by atoms with van der Waals surface area (Å²) in [7, 11) is 1.52. The number of ether oxygens (including phenoxy) is 1. The van der Waals surface area contributed by atoms with Crippen LogP contribution in [0.4, 0.5) is 5.69 Å². The number of carbonyl (C=O) groups excluding carboxylic acids is 1. The van der Waals surface area contributed by atoms with Gasteiger partial charge in [-0.2, -0.15) is 5.10 Å². The van der Waals surface area contributed by atoms with Crippen LogP contribution in [0.25, 0.3) is 0 Å². The van der Waals surface area contributed by atoms with Gasteiger partial charge in [0.1, 0.15) is 5.75 Å². The molecule has 0 atom stereocenters. The first-order chi connectivity index (χ1) is 9.11. The summed E-state index contributed by atoms with van der Waals surface area (Å²) in [6, 6.07) is 4.93. The minimum absolute atomic E-state index is 0.182. The summed E-state index contributed by atoms with van der Waals surface area (Å²) in [4.78, 5) is 12.0. The Balaban J connectivity index is 2.06. The molecule has 0 fully saturated rings. The molecule has 6 heteroatoms. The van der Waals surface area contributed by atoms with E-state index < -0.39 is 0 Å². The fraction of sp³-hybridized carbons (Fsp3) is 0.231. The van der Waals surface area contributed by atoms with E-state index >= 15 is 0 Å². The van der Waals surface area contributed by atoms with E-state index in [0.29, 0.717) is 23.5 Å². The highest BCUT2D eigenvalue weighted by Crippen LogP contribution is 2.22.